The minimum absolute atomic E-state index is 1.09. The number of hydrogen-bond acceptors (Lipinski definition) is 0. The van der Waals surface area contributed by atoms with Crippen LogP contribution in [0.25, 0.3) is 0 Å². The van der Waals surface area contributed by atoms with Gasteiger partial charge < -0.3 is 0 Å². The Hall–Kier alpha value is 0.868. The highest BCUT2D eigenvalue weighted by atomic mass is 28.2. The van der Waals surface area contributed by atoms with Crippen molar-refractivity contribution in [2.45, 2.75) is 153 Å². The Morgan fingerprint density at radius 1 is 0.294 bits per heavy atom. The van der Waals surface area contributed by atoms with Crippen molar-refractivity contribution < 1.29 is 0 Å². The Kier molecular flexibility index (Phi) is 18.2. The number of unbranched alkanes of at least 4 members (excludes halogenated alkanes) is 3. The monoisotopic (exact) mass is 538 g/mol. The van der Waals surface area contributed by atoms with E-state index in [1.54, 1.807) is 116 Å². The summed E-state index contributed by atoms with van der Waals surface area (Å²) in [6.45, 7) is 0. The van der Waals surface area contributed by atoms with E-state index in [4.69, 9.17) is 0 Å². The van der Waals surface area contributed by atoms with Crippen LogP contribution in [0.1, 0.15) is 128 Å². The van der Waals surface area contributed by atoms with Gasteiger partial charge in [-0.2, -0.15) is 0 Å². The number of rotatable bonds is 19. The molecule has 0 aliphatic heterocycles. The maximum atomic E-state index is 1.60. The van der Waals surface area contributed by atoms with Crippen molar-refractivity contribution in [3.63, 3.8) is 0 Å². The zero-order valence-corrected chi connectivity index (χ0v) is 32.4. The normalized spacial score (nSPS) is 30.4. The molecule has 0 nitrogen and oxygen atoms in total. The van der Waals surface area contributed by atoms with E-state index in [1.165, 1.54) is 78.0 Å². The van der Waals surface area contributed by atoms with Crippen LogP contribution in [0.5, 0.6) is 0 Å². The predicted octanol–water partition coefficient (Wildman–Crippen LogP) is 5.65. The van der Waals surface area contributed by atoms with Gasteiger partial charge in [0, 0.05) is 41.0 Å². The van der Waals surface area contributed by atoms with Crippen molar-refractivity contribution >= 4 is 41.0 Å². The van der Waals surface area contributed by atoms with Gasteiger partial charge in [0.1, 0.15) is 0 Å². The Morgan fingerprint density at radius 3 is 0.706 bits per heavy atom. The van der Waals surface area contributed by atoms with E-state index in [9.17, 15) is 0 Å². The van der Waals surface area contributed by atoms with Gasteiger partial charge in [-0.05, 0) is 74.0 Å². The second-order valence-corrected chi connectivity index (χ2v) is 17.2. The smallest absolute Gasteiger partial charge is 0.00279 e. The van der Waals surface area contributed by atoms with E-state index in [2.05, 4.69) is 0 Å². The lowest BCUT2D eigenvalue weighted by Crippen LogP contribution is -2.23. The lowest BCUT2D eigenvalue weighted by Gasteiger charge is -2.36. The van der Waals surface area contributed by atoms with Gasteiger partial charge in [0.25, 0.3) is 0 Å². The van der Waals surface area contributed by atoms with Gasteiger partial charge in [-0.25, -0.2) is 0 Å². The predicted molar refractivity (Wildman–Crippen MR) is 172 cm³/mol. The quantitative estimate of drug-likeness (QED) is 0.147. The van der Waals surface area contributed by atoms with Gasteiger partial charge >= 0.3 is 0 Å². The molecular formula is C30H66Si4. The van der Waals surface area contributed by atoms with Crippen molar-refractivity contribution in [2.75, 3.05) is 0 Å². The summed E-state index contributed by atoms with van der Waals surface area (Å²) >= 11 is 0. The van der Waals surface area contributed by atoms with Crippen LogP contribution in [0, 0.1) is 35.5 Å². The fraction of sp³-hybridized carbons (Fsp3) is 1.00. The molecule has 4 unspecified atom stereocenters. The van der Waals surface area contributed by atoms with Gasteiger partial charge in [-0.3, -0.25) is 0 Å². The molecule has 0 aromatic heterocycles. The average Bonchev–Trinajstić information content (AvgIpc) is 2.85. The molecule has 2 rings (SSSR count). The maximum absolute atomic E-state index is 1.60. The molecule has 0 bridgehead atoms. The van der Waals surface area contributed by atoms with Gasteiger partial charge in [0.15, 0.2) is 0 Å². The Morgan fingerprint density at radius 2 is 0.500 bits per heavy atom. The molecule has 0 aromatic rings. The molecule has 2 fully saturated rings. The van der Waals surface area contributed by atoms with Crippen LogP contribution in [0.15, 0.2) is 0 Å². The lowest BCUT2D eigenvalue weighted by molar-refractivity contribution is 0.164. The van der Waals surface area contributed by atoms with Crippen LogP contribution in [0.4, 0.5) is 0 Å². The molecule has 0 N–H and O–H groups in total. The van der Waals surface area contributed by atoms with Gasteiger partial charge in [0.2, 0.25) is 0 Å². The highest BCUT2D eigenvalue weighted by Crippen LogP contribution is 2.42. The fourth-order valence-corrected chi connectivity index (χ4v) is 9.64. The Balaban J connectivity index is 1.64. The summed E-state index contributed by atoms with van der Waals surface area (Å²) in [5.74, 6) is 6.59. The van der Waals surface area contributed by atoms with Crippen LogP contribution in [0.2, 0.25) is 24.2 Å². The van der Waals surface area contributed by atoms with Crippen LogP contribution >= 0.6 is 0 Å². The van der Waals surface area contributed by atoms with Crippen molar-refractivity contribution in [3.8, 4) is 0 Å². The maximum Gasteiger partial charge on any atom is 0.00279 e. The summed E-state index contributed by atoms with van der Waals surface area (Å²) in [6, 6.07) is 6.15. The van der Waals surface area contributed by atoms with E-state index < -0.39 is 0 Å². The van der Waals surface area contributed by atoms with Gasteiger partial charge in [-0.15, -0.1) is 0 Å². The molecule has 2 aliphatic carbocycles. The fourth-order valence-electron chi connectivity index (χ4n) is 8.01. The molecule has 0 aromatic carbocycles. The standard InChI is InChI=1S/C30H66Si4/c31-15-5-11-27-19-25(20-28(23-27)12-6-16-32)9-3-1-2-4-10-26-21-29(13-7-17-33)24-30(22-26)14-8-18-34/h25-30H,1-24H2,31-34H3. The molecule has 202 valence electrons. The summed E-state index contributed by atoms with van der Waals surface area (Å²) in [4.78, 5) is 0. The van der Waals surface area contributed by atoms with Crippen molar-refractivity contribution in [3.05, 3.63) is 0 Å². The first-order valence-corrected chi connectivity index (χ1v) is 22.3. The zero-order chi connectivity index (χ0) is 24.4. The van der Waals surface area contributed by atoms with Gasteiger partial charge in [0.05, 0.1) is 0 Å². The minimum Gasteiger partial charge on any atom is -0.0658 e. The molecule has 0 spiro atoms. The molecule has 0 radical (unpaired) electrons. The third-order valence-corrected chi connectivity index (χ3v) is 12.7. The second kappa shape index (κ2) is 19.9. The summed E-state index contributed by atoms with van der Waals surface area (Å²) in [5.41, 5.74) is 0. The van der Waals surface area contributed by atoms with Crippen molar-refractivity contribution in [1.82, 2.24) is 0 Å². The average molecular weight is 539 g/mol. The second-order valence-electron chi connectivity index (χ2n) is 13.2. The van der Waals surface area contributed by atoms with Crippen LogP contribution in [-0.2, 0) is 0 Å². The molecule has 0 amide bonds. The molecule has 34 heavy (non-hydrogen) atoms. The molecule has 4 heteroatoms. The van der Waals surface area contributed by atoms with Crippen LogP contribution in [-0.4, -0.2) is 41.0 Å². The number of hydrogen-bond donors (Lipinski definition) is 0. The summed E-state index contributed by atoms with van der Waals surface area (Å²) < 4.78 is 0. The zero-order valence-electron chi connectivity index (χ0n) is 24.4. The largest absolute Gasteiger partial charge is 0.0658 e. The minimum atomic E-state index is 1.09. The van der Waals surface area contributed by atoms with Gasteiger partial charge in [-0.1, -0.05) is 114 Å². The summed E-state index contributed by atoms with van der Waals surface area (Å²) in [5, 5.41) is 0. The highest BCUT2D eigenvalue weighted by molar-refractivity contribution is 6.09. The molecule has 2 saturated carbocycles. The molecular weight excluding hydrogens is 473 g/mol. The highest BCUT2D eigenvalue weighted by Gasteiger charge is 2.29. The van der Waals surface area contributed by atoms with E-state index >= 15 is 0 Å². The topological polar surface area (TPSA) is 0 Å². The first-order chi connectivity index (χ1) is 16.7. The molecule has 0 heterocycles. The SMILES string of the molecule is [SiH3]CCCC1CC(CCC[SiH3])CC(CCCCCCC2CC(CCC[SiH3])CC(CCC[SiH3])C2)C1. The first kappa shape index (κ1) is 31.1. The summed E-state index contributed by atoms with van der Waals surface area (Å²) in [6.07, 6.45) is 31.4. The van der Waals surface area contributed by atoms with E-state index in [1.807, 2.05) is 0 Å². The Labute approximate surface area is 228 Å². The molecule has 0 saturated heterocycles. The van der Waals surface area contributed by atoms with E-state index in [0.29, 0.717) is 0 Å². The van der Waals surface area contributed by atoms with E-state index in [-0.39, 0.29) is 0 Å². The van der Waals surface area contributed by atoms with Crippen molar-refractivity contribution in [2.24, 2.45) is 35.5 Å². The third-order valence-electron chi connectivity index (χ3n) is 9.84. The third kappa shape index (κ3) is 13.4. The molecule has 2 aliphatic rings. The van der Waals surface area contributed by atoms with E-state index in [0.717, 1.165) is 35.5 Å². The van der Waals surface area contributed by atoms with Crippen LogP contribution < -0.4 is 0 Å². The summed E-state index contributed by atoms with van der Waals surface area (Å²) in [7, 11) is 5.68. The Bertz CT molecular complexity index is 397. The van der Waals surface area contributed by atoms with Crippen LogP contribution in [0.3, 0.4) is 0 Å². The first-order valence-electron chi connectivity index (χ1n) is 16.7. The van der Waals surface area contributed by atoms with Crippen molar-refractivity contribution in [1.29, 1.82) is 0 Å². The lowest BCUT2D eigenvalue weighted by atomic mass is 9.70. The molecule has 4 atom stereocenters.